The normalized spacial score (nSPS) is 9.38. The number of ether oxygens (including phenoxy) is 2. The van der Waals surface area contributed by atoms with E-state index in [1.54, 1.807) is 18.2 Å². The largest absolute Gasteiger partial charge is 1.00 e. The number of carboxylic acids is 1. The van der Waals surface area contributed by atoms with Crippen molar-refractivity contribution < 1.29 is 75.6 Å². The van der Waals surface area contributed by atoms with Gasteiger partial charge in [0, 0.05) is 5.56 Å². The Bertz CT molecular complexity index is 637. The Kier molecular flexibility index (Phi) is 7.07. The molecule has 0 atom stereocenters. The van der Waals surface area contributed by atoms with Crippen molar-refractivity contribution in [2.75, 3.05) is 7.11 Å². The van der Waals surface area contributed by atoms with Gasteiger partial charge in [-0.1, -0.05) is 12.1 Å². The second-order valence-electron chi connectivity index (χ2n) is 3.90. The molecule has 0 aromatic heterocycles. The van der Waals surface area contributed by atoms with Crippen LogP contribution in [0.15, 0.2) is 48.5 Å². The van der Waals surface area contributed by atoms with E-state index in [2.05, 4.69) is 0 Å². The predicted molar refractivity (Wildman–Crippen MR) is 68.7 cm³/mol. The molecule has 102 valence electrons. The number of methoxy groups -OCH3 is 1. The molecule has 2 rings (SSSR count). The van der Waals surface area contributed by atoms with Crippen LogP contribution in [0.25, 0.3) is 0 Å². The van der Waals surface area contributed by atoms with E-state index in [4.69, 9.17) is 9.47 Å². The van der Waals surface area contributed by atoms with Gasteiger partial charge < -0.3 is 19.4 Å². The minimum absolute atomic E-state index is 0. The van der Waals surface area contributed by atoms with E-state index in [-0.39, 0.29) is 62.7 Å². The standard InChI is InChI=1S/C15H12O5.K/c1-19-11-8-6-10(7-9-11)15(18)20-13-5-3-2-4-12(13)14(16)17;/h2-9H,1H3,(H,16,17);/q;+1/p-1. The van der Waals surface area contributed by atoms with Gasteiger partial charge in [0.1, 0.15) is 11.5 Å². The number of carbonyl (C=O) groups is 2. The molecule has 0 aliphatic heterocycles. The first-order chi connectivity index (χ1) is 9.61. The van der Waals surface area contributed by atoms with Gasteiger partial charge in [-0.05, 0) is 36.4 Å². The van der Waals surface area contributed by atoms with Crippen LogP contribution in [-0.4, -0.2) is 19.0 Å². The second kappa shape index (κ2) is 8.31. The molecule has 2 aromatic rings. The number of para-hydroxylation sites is 1. The van der Waals surface area contributed by atoms with Crippen LogP contribution in [0.4, 0.5) is 0 Å². The summed E-state index contributed by atoms with van der Waals surface area (Å²) in [5, 5.41) is 10.9. The van der Waals surface area contributed by atoms with Gasteiger partial charge in [0.15, 0.2) is 0 Å². The molecule has 5 nitrogen and oxygen atoms in total. The molecule has 21 heavy (non-hydrogen) atoms. The van der Waals surface area contributed by atoms with E-state index >= 15 is 0 Å². The summed E-state index contributed by atoms with van der Waals surface area (Å²) in [5.41, 5.74) is 0.119. The van der Waals surface area contributed by atoms with Gasteiger partial charge in [0.25, 0.3) is 0 Å². The van der Waals surface area contributed by atoms with Crippen molar-refractivity contribution in [1.29, 1.82) is 0 Å². The Labute approximate surface area is 164 Å². The van der Waals surface area contributed by atoms with Gasteiger partial charge >= 0.3 is 57.4 Å². The van der Waals surface area contributed by atoms with Crippen molar-refractivity contribution in [2.24, 2.45) is 0 Å². The molecule has 2 aromatic carbocycles. The average molecular weight is 310 g/mol. The van der Waals surface area contributed by atoms with Crippen LogP contribution in [0, 0.1) is 0 Å². The number of hydrogen-bond donors (Lipinski definition) is 0. The first-order valence-corrected chi connectivity index (χ1v) is 5.78. The zero-order chi connectivity index (χ0) is 14.5. The summed E-state index contributed by atoms with van der Waals surface area (Å²) >= 11 is 0. The zero-order valence-corrected chi connectivity index (χ0v) is 14.8. The van der Waals surface area contributed by atoms with Crippen LogP contribution in [0.2, 0.25) is 0 Å². The van der Waals surface area contributed by atoms with Crippen molar-refractivity contribution in [3.8, 4) is 11.5 Å². The molecule has 0 saturated carbocycles. The Balaban J connectivity index is 0.00000220. The van der Waals surface area contributed by atoms with E-state index in [9.17, 15) is 14.7 Å². The van der Waals surface area contributed by atoms with Gasteiger partial charge in [-0.15, -0.1) is 0 Å². The van der Waals surface area contributed by atoms with Crippen LogP contribution in [0.3, 0.4) is 0 Å². The van der Waals surface area contributed by atoms with Gasteiger partial charge in [0.2, 0.25) is 0 Å². The number of carboxylic acid groups (broad SMARTS) is 1. The van der Waals surface area contributed by atoms with E-state index in [1.807, 2.05) is 0 Å². The summed E-state index contributed by atoms with van der Waals surface area (Å²) < 4.78 is 10.0. The molecular formula is C15H11KO5. The molecule has 0 heterocycles. The Morgan fingerprint density at radius 2 is 1.62 bits per heavy atom. The maximum Gasteiger partial charge on any atom is 1.00 e. The SMILES string of the molecule is COc1ccc(C(=O)Oc2ccccc2C(=O)[O-])cc1.[K+]. The Morgan fingerprint density at radius 1 is 1.00 bits per heavy atom. The van der Waals surface area contributed by atoms with Crippen molar-refractivity contribution in [2.45, 2.75) is 0 Å². The minimum Gasteiger partial charge on any atom is -0.545 e. The smallest absolute Gasteiger partial charge is 0.545 e. The molecule has 0 saturated heterocycles. The van der Waals surface area contributed by atoms with Gasteiger partial charge in [-0.25, -0.2) is 4.79 Å². The quantitative estimate of drug-likeness (QED) is 0.382. The predicted octanol–water partition coefficient (Wildman–Crippen LogP) is -1.72. The molecular weight excluding hydrogens is 299 g/mol. The topological polar surface area (TPSA) is 75.7 Å². The molecule has 0 amide bonds. The molecule has 0 unspecified atom stereocenters. The fourth-order valence-electron chi connectivity index (χ4n) is 1.61. The van der Waals surface area contributed by atoms with E-state index < -0.39 is 11.9 Å². The average Bonchev–Trinajstić information content (AvgIpc) is 2.47. The van der Waals surface area contributed by atoms with E-state index in [0.717, 1.165) is 0 Å². The number of rotatable bonds is 4. The van der Waals surface area contributed by atoms with Gasteiger partial charge in [-0.2, -0.15) is 0 Å². The molecule has 0 radical (unpaired) electrons. The molecule has 6 heteroatoms. The van der Waals surface area contributed by atoms with Gasteiger partial charge in [-0.3, -0.25) is 0 Å². The fraction of sp³-hybridized carbons (Fsp3) is 0.0667. The molecule has 0 aliphatic carbocycles. The molecule has 0 fully saturated rings. The third-order valence-electron chi connectivity index (χ3n) is 2.64. The number of esters is 1. The van der Waals surface area contributed by atoms with E-state index in [0.29, 0.717) is 11.3 Å². The van der Waals surface area contributed by atoms with Crippen LogP contribution < -0.4 is 66.0 Å². The monoisotopic (exact) mass is 310 g/mol. The molecule has 0 bridgehead atoms. The summed E-state index contributed by atoms with van der Waals surface area (Å²) in [5.74, 6) is -1.49. The second-order valence-corrected chi connectivity index (χ2v) is 3.90. The van der Waals surface area contributed by atoms with Crippen LogP contribution >= 0.6 is 0 Å². The first kappa shape index (κ1) is 17.9. The minimum atomic E-state index is -1.40. The first-order valence-electron chi connectivity index (χ1n) is 5.78. The summed E-state index contributed by atoms with van der Waals surface area (Å²) in [4.78, 5) is 22.8. The third kappa shape index (κ3) is 4.65. The van der Waals surface area contributed by atoms with E-state index in [1.165, 1.54) is 37.4 Å². The maximum absolute atomic E-state index is 11.9. The van der Waals surface area contributed by atoms with Crippen molar-refractivity contribution in [1.82, 2.24) is 0 Å². The van der Waals surface area contributed by atoms with Gasteiger partial charge in [0.05, 0.1) is 18.6 Å². The third-order valence-corrected chi connectivity index (χ3v) is 2.64. The Morgan fingerprint density at radius 3 is 2.19 bits per heavy atom. The molecule has 0 N–H and O–H groups in total. The zero-order valence-electron chi connectivity index (χ0n) is 11.7. The Hall–Kier alpha value is -1.18. The van der Waals surface area contributed by atoms with Crippen molar-refractivity contribution in [3.63, 3.8) is 0 Å². The van der Waals surface area contributed by atoms with Crippen LogP contribution in [-0.2, 0) is 0 Å². The summed E-state index contributed by atoms with van der Waals surface area (Å²) in [6, 6.07) is 12.1. The molecule has 0 aliphatic rings. The summed E-state index contributed by atoms with van der Waals surface area (Å²) in [6.45, 7) is 0. The number of hydrogen-bond acceptors (Lipinski definition) is 5. The molecule has 0 spiro atoms. The van der Waals surface area contributed by atoms with Crippen LogP contribution in [0.1, 0.15) is 20.7 Å². The van der Waals surface area contributed by atoms with Crippen molar-refractivity contribution in [3.05, 3.63) is 59.7 Å². The maximum atomic E-state index is 11.9. The number of aromatic carboxylic acids is 1. The van der Waals surface area contributed by atoms with Crippen LogP contribution in [0.5, 0.6) is 11.5 Å². The number of carbonyl (C=O) groups excluding carboxylic acids is 2. The summed E-state index contributed by atoms with van der Waals surface area (Å²) in [6.07, 6.45) is 0. The number of benzene rings is 2. The van der Waals surface area contributed by atoms with Crippen molar-refractivity contribution >= 4 is 11.9 Å². The summed E-state index contributed by atoms with van der Waals surface area (Å²) in [7, 11) is 1.52. The fourth-order valence-corrected chi connectivity index (χ4v) is 1.61.